The lowest BCUT2D eigenvalue weighted by Crippen LogP contribution is -2.28. The maximum atomic E-state index is 12.4. The molecule has 0 fully saturated rings. The van der Waals surface area contributed by atoms with Crippen LogP contribution in [-0.2, 0) is 11.8 Å². The third-order valence-electron chi connectivity index (χ3n) is 3.37. The predicted molar refractivity (Wildman–Crippen MR) is 83.1 cm³/mol. The first kappa shape index (κ1) is 13.9. The summed E-state index contributed by atoms with van der Waals surface area (Å²) >= 11 is 1.43. The number of thioether (sulfide) groups is 1. The minimum absolute atomic E-state index is 0.00519. The number of rotatable bonds is 4. The molecular weight excluding hydrogens is 284 g/mol. The zero-order valence-corrected chi connectivity index (χ0v) is 12.5. The van der Waals surface area contributed by atoms with Crippen LogP contribution in [0, 0.1) is 0 Å². The molecule has 0 N–H and O–H groups in total. The summed E-state index contributed by atoms with van der Waals surface area (Å²) in [5.41, 5.74) is 1.12. The smallest absolute Gasteiger partial charge is 0.253 e. The Balaban J connectivity index is 1.66. The molecule has 2 aromatic rings. The fourth-order valence-electron chi connectivity index (χ4n) is 2.29. The van der Waals surface area contributed by atoms with Gasteiger partial charge in [-0.2, -0.15) is 5.10 Å². The average Bonchev–Trinajstić information content (AvgIpc) is 3.15. The van der Waals surface area contributed by atoms with E-state index in [1.165, 1.54) is 11.8 Å². The van der Waals surface area contributed by atoms with E-state index in [1.807, 2.05) is 48.1 Å². The van der Waals surface area contributed by atoms with Crippen LogP contribution in [0.5, 0.6) is 0 Å². The van der Waals surface area contributed by atoms with Gasteiger partial charge in [0, 0.05) is 32.1 Å². The molecule has 0 unspecified atom stereocenters. The number of nitrogens with zero attached hydrogens (tertiary/aromatic N) is 4. The van der Waals surface area contributed by atoms with E-state index in [1.54, 1.807) is 17.4 Å². The van der Waals surface area contributed by atoms with Gasteiger partial charge in [-0.05, 0) is 5.56 Å². The number of hydrazone groups is 1. The lowest BCUT2D eigenvalue weighted by Gasteiger charge is -2.22. The Bertz CT molecular complexity index is 653. The van der Waals surface area contributed by atoms with Gasteiger partial charge in [0.1, 0.15) is 0 Å². The van der Waals surface area contributed by atoms with E-state index >= 15 is 0 Å². The van der Waals surface area contributed by atoms with Crippen LogP contribution in [0.15, 0.2) is 53.0 Å². The van der Waals surface area contributed by atoms with Crippen LogP contribution >= 0.6 is 11.8 Å². The molecule has 2 heterocycles. The monoisotopic (exact) mass is 300 g/mol. The van der Waals surface area contributed by atoms with Crippen molar-refractivity contribution in [2.75, 3.05) is 5.75 Å². The molecule has 1 atom stereocenters. The highest BCUT2D eigenvalue weighted by molar-refractivity contribution is 7.99. The van der Waals surface area contributed by atoms with Gasteiger partial charge in [0.2, 0.25) is 0 Å². The van der Waals surface area contributed by atoms with Crippen molar-refractivity contribution in [2.24, 2.45) is 12.1 Å². The molecule has 0 bridgehead atoms. The third kappa shape index (κ3) is 3.00. The lowest BCUT2D eigenvalue weighted by atomic mass is 10.0. The first-order valence-electron chi connectivity index (χ1n) is 6.75. The highest BCUT2D eigenvalue weighted by Gasteiger charge is 2.28. The van der Waals surface area contributed by atoms with Gasteiger partial charge in [0.25, 0.3) is 5.91 Å². The molecule has 0 aliphatic carbocycles. The van der Waals surface area contributed by atoms with Crippen molar-refractivity contribution in [3.05, 3.63) is 48.3 Å². The van der Waals surface area contributed by atoms with E-state index in [2.05, 4.69) is 10.1 Å². The number of hydrogen-bond acceptors (Lipinski definition) is 4. The van der Waals surface area contributed by atoms with Crippen LogP contribution in [0.25, 0.3) is 0 Å². The van der Waals surface area contributed by atoms with E-state index in [9.17, 15) is 4.79 Å². The lowest BCUT2D eigenvalue weighted by molar-refractivity contribution is -0.130. The Labute approximate surface area is 127 Å². The number of benzene rings is 1. The standard InChI is InChI=1S/C15H16N4OS/c1-18-10-9-16-15(18)21-11-14(20)19-13(7-8-17-19)12-5-3-2-4-6-12/h2-6,8-10,13H,7,11H2,1H3/t13-/m0/s1. The molecule has 1 amide bonds. The fourth-order valence-corrected chi connectivity index (χ4v) is 3.07. The number of carbonyl (C=O) groups excluding carboxylic acids is 1. The highest BCUT2D eigenvalue weighted by atomic mass is 32.2. The maximum absolute atomic E-state index is 12.4. The van der Waals surface area contributed by atoms with Crippen molar-refractivity contribution in [3.8, 4) is 0 Å². The van der Waals surface area contributed by atoms with Crippen molar-refractivity contribution < 1.29 is 4.79 Å². The summed E-state index contributed by atoms with van der Waals surface area (Å²) < 4.78 is 1.90. The zero-order chi connectivity index (χ0) is 14.7. The van der Waals surface area contributed by atoms with Crippen LogP contribution in [0.2, 0.25) is 0 Å². The molecule has 0 saturated carbocycles. The number of carbonyl (C=O) groups is 1. The largest absolute Gasteiger partial charge is 0.329 e. The quantitative estimate of drug-likeness (QED) is 0.815. The predicted octanol–water partition coefficient (Wildman–Crippen LogP) is 2.47. The summed E-state index contributed by atoms with van der Waals surface area (Å²) in [7, 11) is 1.92. The molecule has 3 rings (SSSR count). The van der Waals surface area contributed by atoms with Crippen LogP contribution in [-0.4, -0.2) is 32.4 Å². The molecule has 1 aliphatic rings. The molecule has 1 aliphatic heterocycles. The number of imidazole rings is 1. The highest BCUT2D eigenvalue weighted by Crippen LogP contribution is 2.29. The first-order chi connectivity index (χ1) is 10.3. The topological polar surface area (TPSA) is 50.5 Å². The summed E-state index contributed by atoms with van der Waals surface area (Å²) in [5.74, 6) is 0.344. The summed E-state index contributed by atoms with van der Waals surface area (Å²) in [6.45, 7) is 0. The van der Waals surface area contributed by atoms with E-state index in [4.69, 9.17) is 0 Å². The Morgan fingerprint density at radius 2 is 2.19 bits per heavy atom. The molecule has 1 aromatic carbocycles. The molecule has 0 radical (unpaired) electrons. The third-order valence-corrected chi connectivity index (χ3v) is 4.41. The fraction of sp³-hybridized carbons (Fsp3) is 0.267. The zero-order valence-electron chi connectivity index (χ0n) is 11.7. The van der Waals surface area contributed by atoms with Gasteiger partial charge in [-0.25, -0.2) is 9.99 Å². The van der Waals surface area contributed by atoms with Gasteiger partial charge in [0.05, 0.1) is 11.8 Å². The molecule has 5 nitrogen and oxygen atoms in total. The van der Waals surface area contributed by atoms with E-state index in [0.717, 1.165) is 17.1 Å². The van der Waals surface area contributed by atoms with Gasteiger partial charge < -0.3 is 4.57 Å². The second kappa shape index (κ2) is 6.13. The summed E-state index contributed by atoms with van der Waals surface area (Å²) in [6, 6.07) is 10.0. The van der Waals surface area contributed by atoms with Crippen LogP contribution < -0.4 is 0 Å². The van der Waals surface area contributed by atoms with E-state index in [0.29, 0.717) is 5.75 Å². The van der Waals surface area contributed by atoms with Gasteiger partial charge in [-0.1, -0.05) is 42.1 Å². The molecule has 6 heteroatoms. The molecular formula is C15H16N4OS. The van der Waals surface area contributed by atoms with Crippen molar-refractivity contribution in [2.45, 2.75) is 17.6 Å². The Kier molecular flexibility index (Phi) is 4.06. The Morgan fingerprint density at radius 3 is 2.90 bits per heavy atom. The number of amides is 1. The molecule has 21 heavy (non-hydrogen) atoms. The minimum Gasteiger partial charge on any atom is -0.329 e. The second-order valence-corrected chi connectivity index (χ2v) is 5.75. The molecule has 0 saturated heterocycles. The minimum atomic E-state index is 0.00519. The van der Waals surface area contributed by atoms with Gasteiger partial charge in [-0.15, -0.1) is 0 Å². The summed E-state index contributed by atoms with van der Waals surface area (Å²) in [4.78, 5) is 16.6. The first-order valence-corrected chi connectivity index (χ1v) is 7.74. The second-order valence-electron chi connectivity index (χ2n) is 4.81. The van der Waals surface area contributed by atoms with Crippen LogP contribution in [0.3, 0.4) is 0 Å². The van der Waals surface area contributed by atoms with Crippen molar-refractivity contribution >= 4 is 23.9 Å². The van der Waals surface area contributed by atoms with Crippen LogP contribution in [0.1, 0.15) is 18.0 Å². The van der Waals surface area contributed by atoms with Crippen molar-refractivity contribution in [3.63, 3.8) is 0 Å². The van der Waals surface area contributed by atoms with Gasteiger partial charge >= 0.3 is 0 Å². The summed E-state index contributed by atoms with van der Waals surface area (Å²) in [5, 5.41) is 6.66. The number of aromatic nitrogens is 2. The Hall–Kier alpha value is -2.08. The molecule has 1 aromatic heterocycles. The van der Waals surface area contributed by atoms with Crippen LogP contribution in [0.4, 0.5) is 0 Å². The normalized spacial score (nSPS) is 17.4. The van der Waals surface area contributed by atoms with Gasteiger partial charge in [0.15, 0.2) is 5.16 Å². The number of hydrogen-bond donors (Lipinski definition) is 0. The van der Waals surface area contributed by atoms with Crippen molar-refractivity contribution in [1.29, 1.82) is 0 Å². The number of aryl methyl sites for hydroxylation is 1. The van der Waals surface area contributed by atoms with Crippen molar-refractivity contribution in [1.82, 2.24) is 14.6 Å². The molecule has 0 spiro atoms. The maximum Gasteiger partial charge on any atom is 0.253 e. The van der Waals surface area contributed by atoms with E-state index in [-0.39, 0.29) is 11.9 Å². The summed E-state index contributed by atoms with van der Waals surface area (Å²) in [6.07, 6.45) is 6.17. The average molecular weight is 300 g/mol. The Morgan fingerprint density at radius 1 is 1.38 bits per heavy atom. The molecule has 108 valence electrons. The SMILES string of the molecule is Cn1ccnc1SCC(=O)N1N=CC[C@H]1c1ccccc1. The van der Waals surface area contributed by atoms with E-state index < -0.39 is 0 Å². The van der Waals surface area contributed by atoms with Gasteiger partial charge in [-0.3, -0.25) is 4.79 Å².